The van der Waals surface area contributed by atoms with E-state index in [0.29, 0.717) is 0 Å². The summed E-state index contributed by atoms with van der Waals surface area (Å²) in [7, 11) is 3.32. The molecule has 1 aliphatic carbocycles. The Kier molecular flexibility index (Phi) is 6.71. The Morgan fingerprint density at radius 2 is 1.95 bits per heavy atom. The Balaban J connectivity index is 2.04. The van der Waals surface area contributed by atoms with Gasteiger partial charge in [0.25, 0.3) is 0 Å². The number of thioether (sulfide) groups is 1. The molecule has 2 rings (SSSR count). The molecule has 118 valence electrons. The van der Waals surface area contributed by atoms with Gasteiger partial charge in [0.05, 0.1) is 14.2 Å². The van der Waals surface area contributed by atoms with Gasteiger partial charge in [-0.25, -0.2) is 0 Å². The second-order valence-electron chi connectivity index (χ2n) is 5.40. The van der Waals surface area contributed by atoms with E-state index in [2.05, 4.69) is 15.9 Å². The number of nitrogens with two attached hydrogens (primary N) is 1. The first-order valence-corrected chi connectivity index (χ1v) is 9.29. The number of hydrogen-bond acceptors (Lipinski definition) is 4. The van der Waals surface area contributed by atoms with Gasteiger partial charge in [0, 0.05) is 22.6 Å². The molecule has 21 heavy (non-hydrogen) atoms. The maximum Gasteiger partial charge on any atom is 0.141 e. The number of hydrogen-bond donors (Lipinski definition) is 1. The van der Waals surface area contributed by atoms with Gasteiger partial charge in [-0.15, -0.1) is 0 Å². The van der Waals surface area contributed by atoms with Crippen LogP contribution in [0.3, 0.4) is 0 Å². The molecule has 1 aromatic carbocycles. The predicted molar refractivity (Wildman–Crippen MR) is 93.5 cm³/mol. The molecule has 0 bridgehead atoms. The second kappa shape index (κ2) is 8.30. The Bertz CT molecular complexity index is 464. The smallest absolute Gasteiger partial charge is 0.141 e. The Morgan fingerprint density at radius 3 is 2.57 bits per heavy atom. The van der Waals surface area contributed by atoms with Gasteiger partial charge in [0.2, 0.25) is 0 Å². The zero-order valence-electron chi connectivity index (χ0n) is 12.7. The second-order valence-corrected chi connectivity index (χ2v) is 7.53. The summed E-state index contributed by atoms with van der Waals surface area (Å²) >= 11 is 5.54. The van der Waals surface area contributed by atoms with Crippen LogP contribution in [0.25, 0.3) is 0 Å². The lowest BCUT2D eigenvalue weighted by molar-refractivity contribution is 0.384. The highest BCUT2D eigenvalue weighted by Crippen LogP contribution is 2.40. The minimum absolute atomic E-state index is 0.0194. The molecular weight excluding hydrogens is 350 g/mol. The van der Waals surface area contributed by atoms with E-state index < -0.39 is 0 Å². The van der Waals surface area contributed by atoms with Crippen molar-refractivity contribution in [1.82, 2.24) is 0 Å². The lowest BCUT2D eigenvalue weighted by Crippen LogP contribution is -2.18. The molecule has 1 fully saturated rings. The molecule has 0 amide bonds. The third kappa shape index (κ3) is 4.30. The highest BCUT2D eigenvalue weighted by molar-refractivity contribution is 9.10. The van der Waals surface area contributed by atoms with Crippen LogP contribution >= 0.6 is 27.7 Å². The fourth-order valence-electron chi connectivity index (χ4n) is 2.77. The van der Waals surface area contributed by atoms with Crippen LogP contribution in [-0.4, -0.2) is 25.2 Å². The Hall–Kier alpha value is -0.390. The van der Waals surface area contributed by atoms with Gasteiger partial charge >= 0.3 is 0 Å². The lowest BCUT2D eigenvalue weighted by Gasteiger charge is -2.23. The van der Waals surface area contributed by atoms with Crippen LogP contribution in [0.5, 0.6) is 11.5 Å². The summed E-state index contributed by atoms with van der Waals surface area (Å²) in [5.74, 6) is 2.48. The highest BCUT2D eigenvalue weighted by atomic mass is 79.9. The van der Waals surface area contributed by atoms with E-state index in [4.69, 9.17) is 15.2 Å². The van der Waals surface area contributed by atoms with E-state index in [1.54, 1.807) is 14.2 Å². The van der Waals surface area contributed by atoms with Crippen molar-refractivity contribution in [3.63, 3.8) is 0 Å². The lowest BCUT2D eigenvalue weighted by atomic mass is 10.0. The third-order valence-electron chi connectivity index (χ3n) is 3.98. The summed E-state index contributed by atoms with van der Waals surface area (Å²) in [5, 5.41) is 0.775. The van der Waals surface area contributed by atoms with Gasteiger partial charge in [-0.3, -0.25) is 0 Å². The third-order valence-corrected chi connectivity index (χ3v) is 6.22. The van der Waals surface area contributed by atoms with Crippen molar-refractivity contribution in [2.45, 2.75) is 43.4 Å². The summed E-state index contributed by atoms with van der Waals surface area (Å²) in [6, 6.07) is 3.93. The topological polar surface area (TPSA) is 44.5 Å². The molecule has 0 heterocycles. The largest absolute Gasteiger partial charge is 0.495 e. The van der Waals surface area contributed by atoms with Gasteiger partial charge in [-0.2, -0.15) is 11.8 Å². The molecule has 0 aromatic heterocycles. The summed E-state index contributed by atoms with van der Waals surface area (Å²) in [6.45, 7) is 0. The van der Waals surface area contributed by atoms with Crippen molar-refractivity contribution in [3.05, 3.63) is 22.2 Å². The zero-order chi connectivity index (χ0) is 15.2. The first-order valence-electron chi connectivity index (χ1n) is 7.45. The molecule has 1 aromatic rings. The van der Waals surface area contributed by atoms with Crippen LogP contribution in [0.15, 0.2) is 16.6 Å². The molecule has 3 nitrogen and oxygen atoms in total. The summed E-state index contributed by atoms with van der Waals surface area (Å²) in [4.78, 5) is 0. The fraction of sp³-hybridized carbons (Fsp3) is 0.625. The van der Waals surface area contributed by atoms with E-state index in [0.717, 1.165) is 32.5 Å². The average Bonchev–Trinajstić information content (AvgIpc) is 2.53. The van der Waals surface area contributed by atoms with Gasteiger partial charge in [0.1, 0.15) is 16.0 Å². The maximum absolute atomic E-state index is 6.39. The van der Waals surface area contributed by atoms with Crippen LogP contribution in [0, 0.1) is 0 Å². The van der Waals surface area contributed by atoms with Gasteiger partial charge in [-0.1, -0.05) is 19.3 Å². The minimum Gasteiger partial charge on any atom is -0.495 e. The van der Waals surface area contributed by atoms with Crippen LogP contribution in [-0.2, 0) is 0 Å². The van der Waals surface area contributed by atoms with E-state index >= 15 is 0 Å². The Labute approximate surface area is 140 Å². The van der Waals surface area contributed by atoms with Crippen LogP contribution in [0.4, 0.5) is 0 Å². The average molecular weight is 374 g/mol. The van der Waals surface area contributed by atoms with Crippen LogP contribution in [0.2, 0.25) is 0 Å². The standard InChI is InChI=1S/C16H24BrNO2S/c1-19-14-9-8-12(16(20-2)15(14)17)13(18)10-21-11-6-4-3-5-7-11/h8-9,11,13H,3-7,10,18H2,1-2H3. The quantitative estimate of drug-likeness (QED) is 0.795. The number of rotatable bonds is 6. The van der Waals surface area contributed by atoms with Crippen molar-refractivity contribution >= 4 is 27.7 Å². The molecule has 0 spiro atoms. The molecule has 1 unspecified atom stereocenters. The van der Waals surface area contributed by atoms with Crippen molar-refractivity contribution in [3.8, 4) is 11.5 Å². The molecule has 0 aliphatic heterocycles. The van der Waals surface area contributed by atoms with E-state index in [1.807, 2.05) is 23.9 Å². The summed E-state index contributed by atoms with van der Waals surface area (Å²) in [6.07, 6.45) is 6.79. The first-order chi connectivity index (χ1) is 10.2. The SMILES string of the molecule is COc1ccc(C(N)CSC2CCCCC2)c(OC)c1Br. The Morgan fingerprint density at radius 1 is 1.24 bits per heavy atom. The van der Waals surface area contributed by atoms with Crippen molar-refractivity contribution in [2.24, 2.45) is 5.73 Å². The van der Waals surface area contributed by atoms with Gasteiger partial charge in [-0.05, 0) is 40.9 Å². The highest BCUT2D eigenvalue weighted by Gasteiger charge is 2.20. The number of halogens is 1. The molecule has 0 saturated heterocycles. The molecule has 1 saturated carbocycles. The van der Waals surface area contributed by atoms with Crippen LogP contribution in [0.1, 0.15) is 43.7 Å². The maximum atomic E-state index is 6.39. The summed E-state index contributed by atoms with van der Waals surface area (Å²) < 4.78 is 11.7. The van der Waals surface area contributed by atoms with Crippen molar-refractivity contribution < 1.29 is 9.47 Å². The predicted octanol–water partition coefficient (Wildman–Crippen LogP) is 4.53. The monoisotopic (exact) mass is 373 g/mol. The first kappa shape index (κ1) is 17.0. The van der Waals surface area contributed by atoms with Gasteiger partial charge < -0.3 is 15.2 Å². The normalized spacial score (nSPS) is 17.5. The molecular formula is C16H24BrNO2S. The molecule has 1 atom stereocenters. The molecule has 1 aliphatic rings. The number of methoxy groups -OCH3 is 2. The number of ether oxygens (including phenoxy) is 2. The number of benzene rings is 1. The summed E-state index contributed by atoms with van der Waals surface area (Å²) in [5.41, 5.74) is 7.42. The van der Waals surface area contributed by atoms with Crippen LogP contribution < -0.4 is 15.2 Å². The van der Waals surface area contributed by atoms with E-state index in [-0.39, 0.29) is 6.04 Å². The molecule has 5 heteroatoms. The van der Waals surface area contributed by atoms with Gasteiger partial charge in [0.15, 0.2) is 0 Å². The molecule has 2 N–H and O–H groups in total. The minimum atomic E-state index is -0.0194. The zero-order valence-corrected chi connectivity index (χ0v) is 15.1. The van der Waals surface area contributed by atoms with Crippen molar-refractivity contribution in [2.75, 3.05) is 20.0 Å². The molecule has 0 radical (unpaired) electrons. The van der Waals surface area contributed by atoms with E-state index in [1.165, 1.54) is 32.1 Å². The van der Waals surface area contributed by atoms with Crippen molar-refractivity contribution in [1.29, 1.82) is 0 Å². The van der Waals surface area contributed by atoms with E-state index in [9.17, 15) is 0 Å². The fourth-order valence-corrected chi connectivity index (χ4v) is 4.78.